The number of benzene rings is 2. The molecule has 1 aliphatic carbocycles. The molecule has 0 aliphatic heterocycles. The van der Waals surface area contributed by atoms with Crippen LogP contribution in [0.1, 0.15) is 42.7 Å². The smallest absolute Gasteiger partial charge is 0.277 e. The van der Waals surface area contributed by atoms with Crippen molar-refractivity contribution in [2.24, 2.45) is 5.10 Å². The van der Waals surface area contributed by atoms with Crippen LogP contribution in [-0.2, 0) is 4.79 Å². The van der Waals surface area contributed by atoms with Crippen LogP contribution in [0, 0.1) is 11.3 Å². The second-order valence-electron chi connectivity index (χ2n) is 6.27. The Morgan fingerprint density at radius 2 is 1.92 bits per heavy atom. The highest BCUT2D eigenvalue weighted by molar-refractivity contribution is 5.92. The van der Waals surface area contributed by atoms with Crippen LogP contribution in [-0.4, -0.2) is 18.2 Å². The van der Waals surface area contributed by atoms with Crippen molar-refractivity contribution < 1.29 is 9.53 Å². The molecule has 0 saturated heterocycles. The molecule has 0 heterocycles. The third kappa shape index (κ3) is 4.70. The predicted octanol–water partition coefficient (Wildman–Crippen LogP) is 3.77. The average Bonchev–Trinajstić information content (AvgIpc) is 2.72. The van der Waals surface area contributed by atoms with E-state index >= 15 is 0 Å². The first kappa shape index (κ1) is 17.7. The molecule has 5 heteroatoms. The molecule has 1 fully saturated rings. The molecule has 1 atom stereocenters. The number of carbonyl (C=O) groups excluding carboxylic acids is 1. The minimum Gasteiger partial charge on any atom is -0.484 e. The number of nitrogens with one attached hydrogen (secondary N) is 1. The van der Waals surface area contributed by atoms with Gasteiger partial charge in [0.25, 0.3) is 5.91 Å². The highest BCUT2D eigenvalue weighted by Crippen LogP contribution is 2.30. The molecule has 26 heavy (non-hydrogen) atoms. The largest absolute Gasteiger partial charge is 0.484 e. The van der Waals surface area contributed by atoms with E-state index < -0.39 is 0 Å². The molecule has 132 valence electrons. The first-order valence-electron chi connectivity index (χ1n) is 8.79. The maximum absolute atomic E-state index is 12.0. The molecule has 2 aromatic carbocycles. The summed E-state index contributed by atoms with van der Waals surface area (Å²) in [7, 11) is 0. The van der Waals surface area contributed by atoms with Gasteiger partial charge in [0.15, 0.2) is 6.61 Å². The molecule has 0 radical (unpaired) electrons. The van der Waals surface area contributed by atoms with Crippen molar-refractivity contribution >= 4 is 11.6 Å². The van der Waals surface area contributed by atoms with Crippen molar-refractivity contribution in [3.8, 4) is 11.8 Å². The van der Waals surface area contributed by atoms with Gasteiger partial charge < -0.3 is 4.74 Å². The summed E-state index contributed by atoms with van der Waals surface area (Å²) in [6.07, 6.45) is 4.23. The van der Waals surface area contributed by atoms with Crippen LogP contribution in [0.5, 0.6) is 5.75 Å². The SMILES string of the molecule is N#Cc1ccc(OCC(=O)NN=C2CCCC[C@H]2c2ccccc2)cc1. The molecule has 5 nitrogen and oxygen atoms in total. The fourth-order valence-corrected chi connectivity index (χ4v) is 3.11. The summed E-state index contributed by atoms with van der Waals surface area (Å²) in [5.41, 5.74) is 5.44. The Kier molecular flexibility index (Phi) is 6.00. The van der Waals surface area contributed by atoms with E-state index in [1.165, 1.54) is 12.0 Å². The predicted molar refractivity (Wildman–Crippen MR) is 99.9 cm³/mol. The highest BCUT2D eigenvalue weighted by atomic mass is 16.5. The summed E-state index contributed by atoms with van der Waals surface area (Å²) in [6.45, 7) is -0.112. The minimum absolute atomic E-state index is 0.112. The van der Waals surface area contributed by atoms with E-state index in [2.05, 4.69) is 22.7 Å². The van der Waals surface area contributed by atoms with Crippen molar-refractivity contribution in [1.29, 1.82) is 5.26 Å². The average molecular weight is 347 g/mol. The van der Waals surface area contributed by atoms with Gasteiger partial charge in [-0.1, -0.05) is 36.8 Å². The lowest BCUT2D eigenvalue weighted by atomic mass is 9.82. The van der Waals surface area contributed by atoms with E-state index in [1.807, 2.05) is 24.3 Å². The molecular formula is C21H21N3O2. The second-order valence-corrected chi connectivity index (χ2v) is 6.27. The Labute approximate surface area is 153 Å². The van der Waals surface area contributed by atoms with E-state index in [0.29, 0.717) is 11.3 Å². The Bertz CT molecular complexity index is 807. The zero-order chi connectivity index (χ0) is 18.2. The molecule has 1 amide bonds. The standard InChI is InChI=1S/C21H21N3O2/c22-14-16-10-12-18(13-11-16)26-15-21(25)24-23-20-9-5-4-8-19(20)17-6-2-1-3-7-17/h1-3,6-7,10-13,19H,4-5,8-9,15H2,(H,24,25)/t19-/m0/s1. The summed E-state index contributed by atoms with van der Waals surface area (Å²) in [5, 5.41) is 13.1. The minimum atomic E-state index is -0.292. The first-order valence-corrected chi connectivity index (χ1v) is 8.79. The van der Waals surface area contributed by atoms with Crippen LogP contribution in [0.4, 0.5) is 0 Å². The maximum atomic E-state index is 12.0. The lowest BCUT2D eigenvalue weighted by molar-refractivity contribution is -0.123. The maximum Gasteiger partial charge on any atom is 0.277 e. The Morgan fingerprint density at radius 3 is 2.65 bits per heavy atom. The number of hydrazone groups is 1. The van der Waals surface area contributed by atoms with Crippen LogP contribution in [0.15, 0.2) is 59.7 Å². The summed E-state index contributed by atoms with van der Waals surface area (Å²) in [4.78, 5) is 12.0. The first-order chi connectivity index (χ1) is 12.8. The fourth-order valence-electron chi connectivity index (χ4n) is 3.11. The number of hydrogen-bond acceptors (Lipinski definition) is 4. The zero-order valence-corrected chi connectivity index (χ0v) is 14.5. The third-order valence-electron chi connectivity index (χ3n) is 4.46. The number of nitriles is 1. The van der Waals surface area contributed by atoms with Gasteiger partial charge in [0, 0.05) is 11.6 Å². The van der Waals surface area contributed by atoms with Gasteiger partial charge >= 0.3 is 0 Å². The van der Waals surface area contributed by atoms with Crippen molar-refractivity contribution in [3.05, 3.63) is 65.7 Å². The van der Waals surface area contributed by atoms with Gasteiger partial charge in [0.1, 0.15) is 5.75 Å². The van der Waals surface area contributed by atoms with Gasteiger partial charge in [-0.05, 0) is 49.1 Å². The van der Waals surface area contributed by atoms with Gasteiger partial charge in [-0.3, -0.25) is 4.79 Å². The topological polar surface area (TPSA) is 74.5 Å². The third-order valence-corrected chi connectivity index (χ3v) is 4.46. The summed E-state index contributed by atoms with van der Waals surface area (Å²) >= 11 is 0. The van der Waals surface area contributed by atoms with Gasteiger partial charge in [0.2, 0.25) is 0 Å². The van der Waals surface area contributed by atoms with Crippen LogP contribution in [0.2, 0.25) is 0 Å². The normalized spacial score (nSPS) is 18.1. The van der Waals surface area contributed by atoms with Gasteiger partial charge in [-0.25, -0.2) is 5.43 Å². The second kappa shape index (κ2) is 8.82. The number of nitrogens with zero attached hydrogens (tertiary/aromatic N) is 2. The zero-order valence-electron chi connectivity index (χ0n) is 14.5. The van der Waals surface area contributed by atoms with Gasteiger partial charge in [-0.2, -0.15) is 10.4 Å². The summed E-state index contributed by atoms with van der Waals surface area (Å²) < 4.78 is 5.43. The summed E-state index contributed by atoms with van der Waals surface area (Å²) in [6, 6.07) is 19.0. The highest BCUT2D eigenvalue weighted by Gasteiger charge is 2.22. The number of ether oxygens (including phenoxy) is 1. The van der Waals surface area contributed by atoms with Crippen LogP contribution in [0.3, 0.4) is 0 Å². The van der Waals surface area contributed by atoms with Crippen LogP contribution in [0.25, 0.3) is 0 Å². The Morgan fingerprint density at radius 1 is 1.15 bits per heavy atom. The van der Waals surface area contributed by atoms with Crippen molar-refractivity contribution in [1.82, 2.24) is 5.43 Å². The molecule has 3 rings (SSSR count). The molecule has 1 N–H and O–H groups in total. The number of carbonyl (C=O) groups is 1. The van der Waals surface area contributed by atoms with E-state index in [0.717, 1.165) is 25.0 Å². The molecule has 0 aromatic heterocycles. The monoisotopic (exact) mass is 347 g/mol. The molecule has 0 spiro atoms. The summed E-state index contributed by atoms with van der Waals surface area (Å²) in [5.74, 6) is 0.524. The molecule has 0 unspecified atom stereocenters. The van der Waals surface area contributed by atoms with Crippen molar-refractivity contribution in [3.63, 3.8) is 0 Å². The van der Waals surface area contributed by atoms with E-state index in [9.17, 15) is 4.79 Å². The van der Waals surface area contributed by atoms with E-state index in [1.54, 1.807) is 24.3 Å². The lowest BCUT2D eigenvalue weighted by Gasteiger charge is -2.24. The Hall–Kier alpha value is -3.13. The van der Waals surface area contributed by atoms with Crippen molar-refractivity contribution in [2.45, 2.75) is 31.6 Å². The number of hydrogen-bond donors (Lipinski definition) is 1. The molecular weight excluding hydrogens is 326 g/mol. The van der Waals surface area contributed by atoms with Crippen molar-refractivity contribution in [2.75, 3.05) is 6.61 Å². The molecule has 1 aliphatic rings. The quantitative estimate of drug-likeness (QED) is 0.837. The molecule has 2 aromatic rings. The van der Waals surface area contributed by atoms with E-state index in [4.69, 9.17) is 10.00 Å². The van der Waals surface area contributed by atoms with Crippen LogP contribution < -0.4 is 10.2 Å². The van der Waals surface area contributed by atoms with Gasteiger partial charge in [-0.15, -0.1) is 0 Å². The van der Waals surface area contributed by atoms with Gasteiger partial charge in [0.05, 0.1) is 11.6 Å². The molecule has 0 bridgehead atoms. The Balaban J connectivity index is 1.56. The fraction of sp³-hybridized carbons (Fsp3) is 0.286. The van der Waals surface area contributed by atoms with Crippen LogP contribution >= 0.6 is 0 Å². The van der Waals surface area contributed by atoms with E-state index in [-0.39, 0.29) is 18.4 Å². The number of amides is 1. The molecule has 1 saturated carbocycles. The number of rotatable bonds is 5. The lowest BCUT2D eigenvalue weighted by Crippen LogP contribution is -2.28.